The van der Waals surface area contributed by atoms with E-state index in [0.717, 1.165) is 5.57 Å². The summed E-state index contributed by atoms with van der Waals surface area (Å²) < 4.78 is 0. The summed E-state index contributed by atoms with van der Waals surface area (Å²) in [6, 6.07) is 0.319. The molecule has 0 saturated heterocycles. The van der Waals surface area contributed by atoms with Crippen LogP contribution in [0.4, 0.5) is 0 Å². The third kappa shape index (κ3) is 1.49. The van der Waals surface area contributed by atoms with E-state index in [1.807, 2.05) is 18.4 Å². The van der Waals surface area contributed by atoms with Crippen molar-refractivity contribution in [2.45, 2.75) is 12.5 Å². The molecule has 1 aliphatic heterocycles. The Kier molecular flexibility index (Phi) is 1.93. The van der Waals surface area contributed by atoms with E-state index in [-0.39, 0.29) is 5.91 Å². The van der Waals surface area contributed by atoms with Gasteiger partial charge in [0.05, 0.1) is 6.04 Å². The number of carbonyl (C=O) groups excluding carboxylic acids is 1. The van der Waals surface area contributed by atoms with Crippen LogP contribution < -0.4 is 11.1 Å². The van der Waals surface area contributed by atoms with Gasteiger partial charge in [0.1, 0.15) is 0 Å². The van der Waals surface area contributed by atoms with Crippen molar-refractivity contribution in [2.75, 3.05) is 0 Å². The maximum atomic E-state index is 10.7. The largest absolute Gasteiger partial charge is 0.384 e. The summed E-state index contributed by atoms with van der Waals surface area (Å²) in [6.45, 7) is 0. The number of allylic oxidation sites excluding steroid dienone is 2. The first-order chi connectivity index (χ1) is 6.27. The molecule has 13 heavy (non-hydrogen) atoms. The summed E-state index contributed by atoms with van der Waals surface area (Å²) in [7, 11) is 0. The Balaban J connectivity index is 2.11. The van der Waals surface area contributed by atoms with E-state index < -0.39 is 0 Å². The van der Waals surface area contributed by atoms with E-state index in [9.17, 15) is 4.79 Å². The van der Waals surface area contributed by atoms with Crippen LogP contribution in [-0.4, -0.2) is 11.9 Å². The number of nitrogens with one attached hydrogen (secondary N) is 1. The van der Waals surface area contributed by atoms with E-state index in [2.05, 4.69) is 17.5 Å². The summed E-state index contributed by atoms with van der Waals surface area (Å²) in [5.41, 5.74) is 6.23. The Morgan fingerprint density at radius 3 is 3.00 bits per heavy atom. The third-order valence-corrected chi connectivity index (χ3v) is 2.40. The lowest BCUT2D eigenvalue weighted by Crippen LogP contribution is -2.25. The smallest absolute Gasteiger partial charge is 0.221 e. The van der Waals surface area contributed by atoms with Crippen LogP contribution >= 0.6 is 0 Å². The first-order valence-electron chi connectivity index (χ1n) is 4.35. The van der Waals surface area contributed by atoms with Crippen LogP contribution in [0.1, 0.15) is 6.42 Å². The van der Waals surface area contributed by atoms with Crippen molar-refractivity contribution in [2.24, 2.45) is 11.7 Å². The molecule has 3 N–H and O–H groups in total. The zero-order valence-electron chi connectivity index (χ0n) is 7.23. The zero-order valence-corrected chi connectivity index (χ0v) is 7.23. The number of primary amides is 1. The summed E-state index contributed by atoms with van der Waals surface area (Å²) in [5, 5.41) is 3.21. The topological polar surface area (TPSA) is 55.1 Å². The number of hydrogen-bond acceptors (Lipinski definition) is 2. The predicted octanol–water partition coefficient (Wildman–Crippen LogP) is 0.460. The van der Waals surface area contributed by atoms with Crippen molar-refractivity contribution in [3.63, 3.8) is 0 Å². The second-order valence-corrected chi connectivity index (χ2v) is 3.35. The van der Waals surface area contributed by atoms with E-state index in [0.29, 0.717) is 18.4 Å². The molecule has 0 spiro atoms. The van der Waals surface area contributed by atoms with Crippen LogP contribution in [0.5, 0.6) is 0 Å². The highest BCUT2D eigenvalue weighted by atomic mass is 16.1. The average Bonchev–Trinajstić information content (AvgIpc) is 2.48. The fraction of sp³-hybridized carbons (Fsp3) is 0.300. The van der Waals surface area contributed by atoms with Crippen LogP contribution in [-0.2, 0) is 4.79 Å². The van der Waals surface area contributed by atoms with Crippen molar-refractivity contribution in [1.82, 2.24) is 5.32 Å². The maximum Gasteiger partial charge on any atom is 0.221 e. The van der Waals surface area contributed by atoms with E-state index >= 15 is 0 Å². The van der Waals surface area contributed by atoms with Crippen molar-refractivity contribution in [1.29, 1.82) is 0 Å². The quantitative estimate of drug-likeness (QED) is 0.642. The minimum Gasteiger partial charge on any atom is -0.384 e. The van der Waals surface area contributed by atoms with Crippen molar-refractivity contribution in [3.05, 3.63) is 36.1 Å². The van der Waals surface area contributed by atoms with Crippen LogP contribution in [0.2, 0.25) is 0 Å². The second kappa shape index (κ2) is 3.09. The Bertz CT molecular complexity index is 315. The van der Waals surface area contributed by atoms with Crippen molar-refractivity contribution < 1.29 is 4.79 Å². The molecule has 3 heteroatoms. The number of fused-ring (bicyclic) bond motifs is 1. The lowest BCUT2D eigenvalue weighted by atomic mass is 9.90. The summed E-state index contributed by atoms with van der Waals surface area (Å²) >= 11 is 0. The predicted molar refractivity (Wildman–Crippen MR) is 50.6 cm³/mol. The molecule has 0 saturated carbocycles. The standard InChI is InChI=1S/C10H12N2O/c11-10(13)5-7-6-12-9-4-2-1-3-8(7)9/h1-4,6,8-9,12H,5H2,(H2,11,13). The molecular weight excluding hydrogens is 164 g/mol. The molecule has 2 rings (SSSR count). The molecule has 2 aliphatic rings. The maximum absolute atomic E-state index is 10.7. The van der Waals surface area contributed by atoms with E-state index in [1.54, 1.807) is 0 Å². The molecule has 1 heterocycles. The second-order valence-electron chi connectivity index (χ2n) is 3.35. The van der Waals surface area contributed by atoms with Gasteiger partial charge in [0.15, 0.2) is 0 Å². The Labute approximate surface area is 77.0 Å². The van der Waals surface area contributed by atoms with Crippen molar-refractivity contribution in [3.8, 4) is 0 Å². The number of rotatable bonds is 2. The number of nitrogens with two attached hydrogens (primary N) is 1. The number of amides is 1. The molecule has 2 unspecified atom stereocenters. The van der Waals surface area contributed by atoms with Crippen LogP contribution in [0.3, 0.4) is 0 Å². The minimum atomic E-state index is -0.267. The number of hydrogen-bond donors (Lipinski definition) is 2. The van der Waals surface area contributed by atoms with Gasteiger partial charge in [-0.3, -0.25) is 4.79 Å². The molecule has 2 atom stereocenters. The summed E-state index contributed by atoms with van der Waals surface area (Å²) in [4.78, 5) is 10.7. The molecule has 0 aromatic carbocycles. The molecule has 68 valence electrons. The van der Waals surface area contributed by atoms with Crippen LogP contribution in [0, 0.1) is 5.92 Å². The van der Waals surface area contributed by atoms with Crippen molar-refractivity contribution >= 4 is 5.91 Å². The average molecular weight is 176 g/mol. The first-order valence-corrected chi connectivity index (χ1v) is 4.35. The summed E-state index contributed by atoms with van der Waals surface area (Å²) in [6.07, 6.45) is 10.5. The lowest BCUT2D eigenvalue weighted by Gasteiger charge is -2.18. The Hall–Kier alpha value is -1.51. The molecule has 0 aromatic rings. The molecular formula is C10H12N2O. The molecule has 0 fully saturated rings. The van der Waals surface area contributed by atoms with Gasteiger partial charge in [-0.05, 0) is 11.8 Å². The van der Waals surface area contributed by atoms with E-state index in [1.165, 1.54) is 0 Å². The van der Waals surface area contributed by atoms with Gasteiger partial charge in [-0.25, -0.2) is 0 Å². The fourth-order valence-corrected chi connectivity index (χ4v) is 1.79. The molecule has 0 bridgehead atoms. The highest BCUT2D eigenvalue weighted by Crippen LogP contribution is 2.27. The van der Waals surface area contributed by atoms with Gasteiger partial charge in [0.2, 0.25) is 5.91 Å². The lowest BCUT2D eigenvalue weighted by molar-refractivity contribution is -0.117. The zero-order chi connectivity index (χ0) is 9.26. The van der Waals surface area contributed by atoms with Gasteiger partial charge in [0.25, 0.3) is 0 Å². The fourth-order valence-electron chi connectivity index (χ4n) is 1.79. The number of carbonyl (C=O) groups is 1. The van der Waals surface area contributed by atoms with Crippen LogP contribution in [0.15, 0.2) is 36.1 Å². The van der Waals surface area contributed by atoms with Gasteiger partial charge in [-0.2, -0.15) is 0 Å². The van der Waals surface area contributed by atoms with Gasteiger partial charge >= 0.3 is 0 Å². The highest BCUT2D eigenvalue weighted by Gasteiger charge is 2.27. The molecule has 1 amide bonds. The van der Waals surface area contributed by atoms with Gasteiger partial charge in [0, 0.05) is 12.3 Å². The van der Waals surface area contributed by atoms with Crippen LogP contribution in [0.25, 0.3) is 0 Å². The molecule has 3 nitrogen and oxygen atoms in total. The third-order valence-electron chi connectivity index (χ3n) is 2.40. The van der Waals surface area contributed by atoms with Gasteiger partial charge in [-0.15, -0.1) is 0 Å². The van der Waals surface area contributed by atoms with E-state index in [4.69, 9.17) is 5.73 Å². The van der Waals surface area contributed by atoms with Gasteiger partial charge in [-0.1, -0.05) is 24.3 Å². The monoisotopic (exact) mass is 176 g/mol. The highest BCUT2D eigenvalue weighted by molar-refractivity contribution is 5.77. The Morgan fingerprint density at radius 1 is 1.46 bits per heavy atom. The first kappa shape index (κ1) is 8.10. The molecule has 0 radical (unpaired) electrons. The Morgan fingerprint density at radius 2 is 2.23 bits per heavy atom. The summed E-state index contributed by atoms with van der Waals surface area (Å²) in [5.74, 6) is 0.0501. The SMILES string of the molecule is NC(=O)CC1=CNC2C=CC=CC12. The molecule has 1 aliphatic carbocycles. The normalized spacial score (nSPS) is 29.4. The minimum absolute atomic E-state index is 0.267. The van der Waals surface area contributed by atoms with Gasteiger partial charge < -0.3 is 11.1 Å². The molecule has 0 aromatic heterocycles.